The molecule has 1 aliphatic rings. The average molecular weight is 470 g/mol. The summed E-state index contributed by atoms with van der Waals surface area (Å²) in [4.78, 5) is 42.7. The minimum absolute atomic E-state index is 0.0703. The monoisotopic (exact) mass is 469 g/mol. The van der Waals surface area contributed by atoms with Crippen molar-refractivity contribution in [2.75, 3.05) is 26.6 Å². The third kappa shape index (κ3) is 6.98. The third-order valence-corrected chi connectivity index (χ3v) is 7.39. The molecule has 1 unspecified atom stereocenters. The molecule has 1 N–H and O–H groups in total. The molecule has 1 heterocycles. The summed E-state index contributed by atoms with van der Waals surface area (Å²) in [5, 5.41) is 3.06. The maximum Gasteiger partial charge on any atom is 0.333 e. The Bertz CT molecular complexity index is 727. The first-order chi connectivity index (χ1) is 14.5. The maximum absolute atomic E-state index is 13.7. The molecule has 0 saturated carbocycles. The molecule has 0 aromatic rings. The summed E-state index contributed by atoms with van der Waals surface area (Å²) in [6, 6.07) is -1.33. The van der Waals surface area contributed by atoms with Gasteiger partial charge in [0, 0.05) is 23.2 Å². The predicted molar refractivity (Wildman–Crippen MR) is 131 cm³/mol. The number of thioether (sulfide) groups is 1. The zero-order chi connectivity index (χ0) is 25.0. The minimum atomic E-state index is -0.702. The van der Waals surface area contributed by atoms with Gasteiger partial charge in [0.15, 0.2) is 0 Å². The Kier molecular flexibility index (Phi) is 9.84. The lowest BCUT2D eigenvalue weighted by Crippen LogP contribution is -2.60. The Morgan fingerprint density at radius 2 is 1.84 bits per heavy atom. The van der Waals surface area contributed by atoms with Crippen LogP contribution in [0.15, 0.2) is 11.6 Å². The van der Waals surface area contributed by atoms with Crippen molar-refractivity contribution in [2.45, 2.75) is 85.2 Å². The summed E-state index contributed by atoms with van der Waals surface area (Å²) in [5.74, 6) is 0.142. The first-order valence-electron chi connectivity index (χ1n) is 11.3. The quantitative estimate of drug-likeness (QED) is 0.434. The van der Waals surface area contributed by atoms with Crippen LogP contribution in [-0.4, -0.2) is 77.0 Å². The molecule has 184 valence electrons. The number of hydrogen-bond donors (Lipinski definition) is 1. The normalized spacial score (nSPS) is 21.2. The van der Waals surface area contributed by atoms with Gasteiger partial charge in [-0.15, -0.1) is 11.8 Å². The van der Waals surface area contributed by atoms with Crippen molar-refractivity contribution < 1.29 is 19.1 Å². The van der Waals surface area contributed by atoms with Gasteiger partial charge in [0.2, 0.25) is 11.8 Å². The van der Waals surface area contributed by atoms with E-state index < -0.39 is 11.5 Å². The topological polar surface area (TPSA) is 79.0 Å². The molecule has 1 saturated heterocycles. The molecule has 0 spiro atoms. The van der Waals surface area contributed by atoms with E-state index >= 15 is 0 Å². The second-order valence-corrected chi connectivity index (χ2v) is 12.2. The van der Waals surface area contributed by atoms with E-state index in [9.17, 15) is 14.4 Å². The van der Waals surface area contributed by atoms with Crippen LogP contribution >= 0.6 is 11.8 Å². The van der Waals surface area contributed by atoms with E-state index in [2.05, 4.69) is 19.2 Å². The predicted octanol–water partition coefficient (Wildman–Crippen LogP) is 3.29. The SMILES string of the molecule is CCOC(=O)/C(C)=C/C(C(C)C)N(C)C(=O)[C@@H](NC(=O)[C@@H]1N(C)CSC1(C)C)C(C)(C)C. The van der Waals surface area contributed by atoms with Crippen molar-refractivity contribution in [3.63, 3.8) is 0 Å². The molecule has 1 fully saturated rings. The van der Waals surface area contributed by atoms with Crippen LogP contribution in [0, 0.1) is 11.3 Å². The second-order valence-electron chi connectivity index (χ2n) is 10.6. The Labute approximate surface area is 198 Å². The van der Waals surface area contributed by atoms with Crippen LogP contribution in [0.4, 0.5) is 0 Å². The molecule has 8 heteroatoms. The van der Waals surface area contributed by atoms with Crippen LogP contribution in [0.5, 0.6) is 0 Å². The van der Waals surface area contributed by atoms with Gasteiger partial charge in [-0.3, -0.25) is 14.5 Å². The highest BCUT2D eigenvalue weighted by Crippen LogP contribution is 2.38. The first kappa shape index (κ1) is 28.5. The molecular formula is C24H43N3O4S. The van der Waals surface area contributed by atoms with Gasteiger partial charge in [0.1, 0.15) is 12.1 Å². The molecular weight excluding hydrogens is 426 g/mol. The second kappa shape index (κ2) is 11.1. The lowest BCUT2D eigenvalue weighted by molar-refractivity contribution is -0.141. The van der Waals surface area contributed by atoms with E-state index in [4.69, 9.17) is 4.74 Å². The lowest BCUT2D eigenvalue weighted by Gasteiger charge is -2.39. The van der Waals surface area contributed by atoms with Crippen molar-refractivity contribution in [1.82, 2.24) is 15.1 Å². The van der Waals surface area contributed by atoms with Crippen molar-refractivity contribution in [1.29, 1.82) is 0 Å². The van der Waals surface area contributed by atoms with E-state index in [-0.39, 0.29) is 40.5 Å². The molecule has 0 radical (unpaired) electrons. The summed E-state index contributed by atoms with van der Waals surface area (Å²) in [6.07, 6.45) is 1.78. The fourth-order valence-corrected chi connectivity index (χ4v) is 5.14. The molecule has 1 rings (SSSR count). The first-order valence-corrected chi connectivity index (χ1v) is 12.3. The van der Waals surface area contributed by atoms with Gasteiger partial charge in [0.25, 0.3) is 0 Å². The average Bonchev–Trinajstić information content (AvgIpc) is 2.94. The molecule has 0 aromatic carbocycles. The van der Waals surface area contributed by atoms with Crippen molar-refractivity contribution >= 4 is 29.5 Å². The Balaban J connectivity index is 3.18. The molecule has 0 bridgehead atoms. The molecule has 0 aliphatic carbocycles. The van der Waals surface area contributed by atoms with Crippen LogP contribution in [0.1, 0.15) is 62.3 Å². The number of esters is 1. The highest BCUT2D eigenvalue weighted by molar-refractivity contribution is 8.00. The molecule has 32 heavy (non-hydrogen) atoms. The van der Waals surface area contributed by atoms with Gasteiger partial charge >= 0.3 is 5.97 Å². The van der Waals surface area contributed by atoms with E-state index in [0.29, 0.717) is 12.2 Å². The van der Waals surface area contributed by atoms with Crippen molar-refractivity contribution in [2.24, 2.45) is 11.3 Å². The minimum Gasteiger partial charge on any atom is -0.463 e. The number of amides is 2. The summed E-state index contributed by atoms with van der Waals surface area (Å²) in [5.41, 5.74) is -0.0235. The zero-order valence-electron chi connectivity index (χ0n) is 21.7. The van der Waals surface area contributed by atoms with Gasteiger partial charge in [-0.25, -0.2) is 4.79 Å². The van der Waals surface area contributed by atoms with Gasteiger partial charge in [0.05, 0.1) is 12.6 Å². The number of likely N-dealkylation sites (N-methyl/N-ethyl adjacent to an activating group) is 2. The number of rotatable bonds is 8. The molecule has 0 aromatic heterocycles. The number of carbonyl (C=O) groups is 3. The van der Waals surface area contributed by atoms with Gasteiger partial charge in [-0.2, -0.15) is 0 Å². The molecule has 1 aliphatic heterocycles. The standard InChI is InChI=1S/C24H43N3O4S/c1-12-31-22(30)16(4)13-17(15(2)3)27(11)21(29)18(23(5,6)7)25-20(28)19-24(8,9)32-14-26(19)10/h13,15,17-19H,12,14H2,1-11H3,(H,25,28)/b16-13+/t17?,18-,19+/m1/s1. The van der Waals surface area contributed by atoms with Gasteiger partial charge in [-0.05, 0) is 46.1 Å². The van der Waals surface area contributed by atoms with E-state index in [0.717, 1.165) is 5.88 Å². The summed E-state index contributed by atoms with van der Waals surface area (Å²) in [6.45, 7) is 17.7. The number of carbonyl (C=O) groups excluding carboxylic acids is 3. The van der Waals surface area contributed by atoms with Crippen LogP contribution in [0.2, 0.25) is 0 Å². The molecule has 3 atom stereocenters. The van der Waals surface area contributed by atoms with Gasteiger partial charge in [-0.1, -0.05) is 40.7 Å². The number of ether oxygens (including phenoxy) is 1. The van der Waals surface area contributed by atoms with Crippen LogP contribution in [0.25, 0.3) is 0 Å². The third-order valence-electron chi connectivity index (χ3n) is 5.88. The summed E-state index contributed by atoms with van der Waals surface area (Å²) in [7, 11) is 3.66. The summed E-state index contributed by atoms with van der Waals surface area (Å²) >= 11 is 1.73. The van der Waals surface area contributed by atoms with Crippen LogP contribution in [0.3, 0.4) is 0 Å². The zero-order valence-corrected chi connectivity index (χ0v) is 22.6. The van der Waals surface area contributed by atoms with E-state index in [1.807, 2.05) is 46.6 Å². The maximum atomic E-state index is 13.7. The number of hydrogen-bond acceptors (Lipinski definition) is 6. The highest BCUT2D eigenvalue weighted by atomic mass is 32.2. The van der Waals surface area contributed by atoms with Crippen LogP contribution < -0.4 is 5.32 Å². The van der Waals surface area contributed by atoms with E-state index in [1.54, 1.807) is 43.6 Å². The Morgan fingerprint density at radius 1 is 1.28 bits per heavy atom. The number of nitrogens with one attached hydrogen (secondary N) is 1. The van der Waals surface area contributed by atoms with E-state index in [1.165, 1.54) is 0 Å². The van der Waals surface area contributed by atoms with Gasteiger partial charge < -0.3 is 15.0 Å². The summed E-state index contributed by atoms with van der Waals surface area (Å²) < 4.78 is 4.85. The molecule has 7 nitrogen and oxygen atoms in total. The largest absolute Gasteiger partial charge is 0.463 e. The smallest absolute Gasteiger partial charge is 0.333 e. The Morgan fingerprint density at radius 3 is 2.25 bits per heavy atom. The fraction of sp³-hybridized carbons (Fsp3) is 0.792. The van der Waals surface area contributed by atoms with Crippen molar-refractivity contribution in [3.8, 4) is 0 Å². The Hall–Kier alpha value is -1.54. The fourth-order valence-electron chi connectivity index (χ4n) is 4.01. The van der Waals surface area contributed by atoms with Crippen molar-refractivity contribution in [3.05, 3.63) is 11.6 Å². The molecule has 2 amide bonds. The highest BCUT2D eigenvalue weighted by Gasteiger charge is 2.46. The lowest BCUT2D eigenvalue weighted by atomic mass is 9.84. The van der Waals surface area contributed by atoms with Crippen LogP contribution in [-0.2, 0) is 19.1 Å². The number of nitrogens with zero attached hydrogens (tertiary/aromatic N) is 2.